The Morgan fingerprint density at radius 1 is 1.33 bits per heavy atom. The molecule has 2 heterocycles. The molecule has 0 bridgehead atoms. The van der Waals surface area contributed by atoms with Crippen LogP contribution in [0.1, 0.15) is 46.1 Å². The van der Waals surface area contributed by atoms with Crippen LogP contribution in [0.4, 0.5) is 0 Å². The van der Waals surface area contributed by atoms with Gasteiger partial charge < -0.3 is 14.5 Å². The van der Waals surface area contributed by atoms with Crippen molar-refractivity contribution < 1.29 is 19.2 Å². The first-order valence-corrected chi connectivity index (χ1v) is 8.06. The fraction of sp³-hybridized carbons (Fsp3) is 0.389. The molecule has 1 aliphatic heterocycles. The zero-order valence-corrected chi connectivity index (χ0v) is 13.6. The summed E-state index contributed by atoms with van der Waals surface area (Å²) in [7, 11) is 0. The highest BCUT2D eigenvalue weighted by Gasteiger charge is 2.25. The summed E-state index contributed by atoms with van der Waals surface area (Å²) in [5.74, 6) is -0.0604. The first-order chi connectivity index (χ1) is 11.5. The topological polar surface area (TPSA) is 83.6 Å². The maximum absolute atomic E-state index is 12.5. The number of carbonyl (C=O) groups excluding carboxylic acids is 1. The molecule has 1 N–H and O–H groups in total. The van der Waals surface area contributed by atoms with E-state index in [1.807, 2.05) is 24.0 Å². The lowest BCUT2D eigenvalue weighted by atomic mass is 9.90. The molecule has 0 unspecified atom stereocenters. The lowest BCUT2D eigenvalue weighted by molar-refractivity contribution is -0.132. The summed E-state index contributed by atoms with van der Waals surface area (Å²) in [5, 5.41) is 12.8. The van der Waals surface area contributed by atoms with Crippen molar-refractivity contribution in [2.24, 2.45) is 0 Å². The summed E-state index contributed by atoms with van der Waals surface area (Å²) >= 11 is 0. The number of piperidine rings is 1. The largest absolute Gasteiger partial charge is 0.478 e. The minimum atomic E-state index is -0.927. The van der Waals surface area contributed by atoms with Crippen molar-refractivity contribution >= 4 is 11.9 Å². The van der Waals surface area contributed by atoms with Crippen LogP contribution in [-0.4, -0.2) is 40.1 Å². The number of aryl methyl sites for hydroxylation is 1. The number of aromatic carboxylic acids is 1. The number of amides is 1. The minimum Gasteiger partial charge on any atom is -0.478 e. The van der Waals surface area contributed by atoms with Gasteiger partial charge in [-0.05, 0) is 37.5 Å². The van der Waals surface area contributed by atoms with Crippen molar-refractivity contribution in [1.29, 1.82) is 0 Å². The second kappa shape index (κ2) is 6.86. The van der Waals surface area contributed by atoms with Crippen molar-refractivity contribution in [2.45, 2.75) is 32.1 Å². The molecule has 126 valence electrons. The van der Waals surface area contributed by atoms with Crippen molar-refractivity contribution in [2.75, 3.05) is 13.1 Å². The summed E-state index contributed by atoms with van der Waals surface area (Å²) in [4.78, 5) is 25.3. The van der Waals surface area contributed by atoms with Crippen molar-refractivity contribution in [1.82, 2.24) is 10.1 Å². The highest BCUT2D eigenvalue weighted by atomic mass is 16.5. The molecule has 2 aromatic rings. The molecule has 1 aromatic carbocycles. The number of hydrogen-bond donors (Lipinski definition) is 1. The molecule has 1 fully saturated rings. The molecule has 24 heavy (non-hydrogen) atoms. The molecule has 0 radical (unpaired) electrons. The third-order valence-corrected chi connectivity index (χ3v) is 4.41. The van der Waals surface area contributed by atoms with Gasteiger partial charge in [0.1, 0.15) is 5.76 Å². The van der Waals surface area contributed by atoms with Gasteiger partial charge in [0.05, 0.1) is 17.7 Å². The molecule has 1 aromatic heterocycles. The molecule has 0 aliphatic carbocycles. The van der Waals surface area contributed by atoms with Crippen LogP contribution in [0.25, 0.3) is 0 Å². The van der Waals surface area contributed by atoms with E-state index in [0.717, 1.165) is 30.6 Å². The summed E-state index contributed by atoms with van der Waals surface area (Å²) in [6.45, 7) is 3.23. The van der Waals surface area contributed by atoms with E-state index in [9.17, 15) is 9.59 Å². The maximum atomic E-state index is 12.5. The number of carboxylic acid groups (broad SMARTS) is 1. The van der Waals surface area contributed by atoms with E-state index in [0.29, 0.717) is 12.3 Å². The molecule has 1 aliphatic rings. The van der Waals surface area contributed by atoms with Gasteiger partial charge in [0.25, 0.3) is 0 Å². The molecule has 1 saturated heterocycles. The Hall–Kier alpha value is -2.63. The second-order valence-electron chi connectivity index (χ2n) is 6.22. The van der Waals surface area contributed by atoms with Gasteiger partial charge in [-0.3, -0.25) is 4.79 Å². The number of benzene rings is 1. The normalized spacial score (nSPS) is 17.7. The smallest absolute Gasteiger partial charge is 0.335 e. The highest BCUT2D eigenvalue weighted by molar-refractivity contribution is 5.87. The van der Waals surface area contributed by atoms with Gasteiger partial charge in [0.15, 0.2) is 0 Å². The van der Waals surface area contributed by atoms with Crippen LogP contribution in [0.15, 0.2) is 34.9 Å². The lowest BCUT2D eigenvalue weighted by Crippen LogP contribution is -2.39. The van der Waals surface area contributed by atoms with E-state index in [1.165, 1.54) is 0 Å². The second-order valence-corrected chi connectivity index (χ2v) is 6.22. The first-order valence-electron chi connectivity index (χ1n) is 8.06. The highest BCUT2D eigenvalue weighted by Crippen LogP contribution is 2.27. The van der Waals surface area contributed by atoms with E-state index in [1.54, 1.807) is 18.2 Å². The van der Waals surface area contributed by atoms with Crippen LogP contribution in [0.5, 0.6) is 0 Å². The zero-order chi connectivity index (χ0) is 17.1. The summed E-state index contributed by atoms with van der Waals surface area (Å²) in [6.07, 6.45) is 2.16. The molecular formula is C18H20N2O4. The Morgan fingerprint density at radius 2 is 2.08 bits per heavy atom. The van der Waals surface area contributed by atoms with Gasteiger partial charge in [-0.1, -0.05) is 17.3 Å². The number of likely N-dealkylation sites (tertiary alicyclic amines) is 1. The Kier molecular flexibility index (Phi) is 4.64. The summed E-state index contributed by atoms with van der Waals surface area (Å²) in [6, 6.07) is 8.72. The van der Waals surface area contributed by atoms with Crippen molar-refractivity contribution in [3.05, 3.63) is 52.9 Å². The molecule has 0 spiro atoms. The lowest BCUT2D eigenvalue weighted by Gasteiger charge is -2.33. The average Bonchev–Trinajstić information content (AvgIpc) is 3.00. The molecule has 1 amide bonds. The predicted octanol–water partition coefficient (Wildman–Crippen LogP) is 2.63. The van der Waals surface area contributed by atoms with Gasteiger partial charge in [-0.25, -0.2) is 4.79 Å². The number of carbonyl (C=O) groups is 2. The quantitative estimate of drug-likeness (QED) is 0.933. The van der Waals surface area contributed by atoms with Gasteiger partial charge >= 0.3 is 5.97 Å². The standard InChI is InChI=1S/C18H20N2O4/c1-12-9-16(24-19-12)10-17(21)20-8-2-3-15(11-20)13-4-6-14(7-5-13)18(22)23/h4-7,9,15H,2-3,8,10-11H2,1H3,(H,22,23)/t15-/m0/s1. The van der Waals surface area contributed by atoms with E-state index < -0.39 is 5.97 Å². The number of aromatic nitrogens is 1. The van der Waals surface area contributed by atoms with Crippen LogP contribution >= 0.6 is 0 Å². The van der Waals surface area contributed by atoms with E-state index >= 15 is 0 Å². The maximum Gasteiger partial charge on any atom is 0.335 e. The Balaban J connectivity index is 1.65. The van der Waals surface area contributed by atoms with Crippen molar-refractivity contribution in [3.63, 3.8) is 0 Å². The van der Waals surface area contributed by atoms with Gasteiger partial charge in [0, 0.05) is 25.1 Å². The van der Waals surface area contributed by atoms with E-state index in [-0.39, 0.29) is 23.8 Å². The Morgan fingerprint density at radius 3 is 2.71 bits per heavy atom. The van der Waals surface area contributed by atoms with Crippen LogP contribution < -0.4 is 0 Å². The monoisotopic (exact) mass is 328 g/mol. The number of rotatable bonds is 4. The zero-order valence-electron chi connectivity index (χ0n) is 13.6. The molecular weight excluding hydrogens is 308 g/mol. The van der Waals surface area contributed by atoms with Gasteiger partial charge in [-0.2, -0.15) is 0 Å². The van der Waals surface area contributed by atoms with Gasteiger partial charge in [-0.15, -0.1) is 0 Å². The average molecular weight is 328 g/mol. The van der Waals surface area contributed by atoms with Crippen molar-refractivity contribution in [3.8, 4) is 0 Å². The number of hydrogen-bond acceptors (Lipinski definition) is 4. The third kappa shape index (κ3) is 3.64. The minimum absolute atomic E-state index is 0.0398. The molecule has 0 saturated carbocycles. The molecule has 1 atom stereocenters. The summed E-state index contributed by atoms with van der Waals surface area (Å²) < 4.78 is 5.12. The Labute approximate surface area is 140 Å². The fourth-order valence-corrected chi connectivity index (χ4v) is 3.13. The predicted molar refractivity (Wildman–Crippen MR) is 86.9 cm³/mol. The van der Waals surface area contributed by atoms with E-state index in [2.05, 4.69) is 5.16 Å². The SMILES string of the molecule is Cc1cc(CC(=O)N2CCC[C@H](c3ccc(C(=O)O)cc3)C2)on1. The molecule has 6 nitrogen and oxygen atoms in total. The number of nitrogens with zero attached hydrogens (tertiary/aromatic N) is 2. The first kappa shape index (κ1) is 16.2. The van der Waals surface area contributed by atoms with Crippen LogP contribution in [-0.2, 0) is 11.2 Å². The summed E-state index contributed by atoms with van der Waals surface area (Å²) in [5.41, 5.74) is 2.13. The third-order valence-electron chi connectivity index (χ3n) is 4.41. The van der Waals surface area contributed by atoms with E-state index in [4.69, 9.17) is 9.63 Å². The molecule has 3 rings (SSSR count). The number of carboxylic acids is 1. The van der Waals surface area contributed by atoms with Crippen LogP contribution in [0.2, 0.25) is 0 Å². The fourth-order valence-electron chi connectivity index (χ4n) is 3.13. The Bertz CT molecular complexity index is 736. The van der Waals surface area contributed by atoms with Crippen LogP contribution in [0, 0.1) is 6.92 Å². The van der Waals surface area contributed by atoms with Gasteiger partial charge in [0.2, 0.25) is 5.91 Å². The van der Waals surface area contributed by atoms with Crippen LogP contribution in [0.3, 0.4) is 0 Å². The molecule has 6 heteroatoms.